The summed E-state index contributed by atoms with van der Waals surface area (Å²) in [5.41, 5.74) is 1.82. The number of hydrogen-bond donors (Lipinski definition) is 2. The Morgan fingerprint density at radius 3 is 2.82 bits per heavy atom. The van der Waals surface area contributed by atoms with E-state index in [0.29, 0.717) is 32.1 Å². The predicted molar refractivity (Wildman–Crippen MR) is 67.2 cm³/mol. The van der Waals surface area contributed by atoms with Crippen LogP contribution in [0.3, 0.4) is 0 Å². The van der Waals surface area contributed by atoms with E-state index in [1.807, 2.05) is 25.1 Å². The molecule has 0 aliphatic rings. The maximum atomic E-state index is 9.78. The van der Waals surface area contributed by atoms with Gasteiger partial charge in [0.15, 0.2) is 0 Å². The highest BCUT2D eigenvalue weighted by Crippen LogP contribution is 2.20. The summed E-state index contributed by atoms with van der Waals surface area (Å²) in [5.74, 6) is 0.375. The fraction of sp³-hybridized carbons (Fsp3) is 0.538. The van der Waals surface area contributed by atoms with Crippen LogP contribution in [0.4, 0.5) is 0 Å². The van der Waals surface area contributed by atoms with Gasteiger partial charge in [0.1, 0.15) is 5.75 Å². The van der Waals surface area contributed by atoms with Gasteiger partial charge in [0.2, 0.25) is 0 Å². The number of phenols is 1. The average Bonchev–Trinajstić information content (AvgIpc) is 2.33. The number of benzene rings is 1. The maximum Gasteiger partial charge on any atom is 0.122 e. The molecule has 0 heterocycles. The first-order valence-corrected chi connectivity index (χ1v) is 5.80. The Bertz CT molecular complexity index is 328. The van der Waals surface area contributed by atoms with Gasteiger partial charge < -0.3 is 19.9 Å². The van der Waals surface area contributed by atoms with E-state index in [1.54, 1.807) is 7.11 Å². The lowest BCUT2D eigenvalue weighted by molar-refractivity contribution is 0.0719. The molecule has 4 nitrogen and oxygen atoms in total. The summed E-state index contributed by atoms with van der Waals surface area (Å²) in [4.78, 5) is 0. The van der Waals surface area contributed by atoms with E-state index < -0.39 is 0 Å². The minimum atomic E-state index is 0.375. The normalized spacial score (nSPS) is 10.7. The fourth-order valence-electron chi connectivity index (χ4n) is 1.47. The molecule has 0 atom stereocenters. The van der Waals surface area contributed by atoms with Crippen LogP contribution in [0, 0.1) is 6.92 Å². The van der Waals surface area contributed by atoms with E-state index in [2.05, 4.69) is 5.32 Å². The molecule has 0 radical (unpaired) electrons. The molecule has 0 saturated heterocycles. The highest BCUT2D eigenvalue weighted by molar-refractivity contribution is 5.39. The van der Waals surface area contributed by atoms with Crippen LogP contribution < -0.4 is 5.32 Å². The average molecular weight is 239 g/mol. The number of methoxy groups -OCH3 is 1. The van der Waals surface area contributed by atoms with Crippen molar-refractivity contribution >= 4 is 0 Å². The number of phenolic OH excluding ortho intramolecular Hbond substituents is 1. The molecule has 1 aromatic carbocycles. The van der Waals surface area contributed by atoms with E-state index in [4.69, 9.17) is 9.47 Å². The summed E-state index contributed by atoms with van der Waals surface area (Å²) in [6, 6.07) is 5.76. The number of nitrogens with one attached hydrogen (secondary N) is 1. The van der Waals surface area contributed by atoms with Gasteiger partial charge >= 0.3 is 0 Å². The third-order valence-corrected chi connectivity index (χ3v) is 2.49. The van der Waals surface area contributed by atoms with Gasteiger partial charge in [-0.25, -0.2) is 0 Å². The number of aryl methyl sites for hydroxylation is 1. The van der Waals surface area contributed by atoms with Crippen LogP contribution in [0.5, 0.6) is 5.75 Å². The lowest BCUT2D eigenvalue weighted by Gasteiger charge is -2.08. The van der Waals surface area contributed by atoms with Crippen molar-refractivity contribution in [2.45, 2.75) is 13.5 Å². The second-order valence-electron chi connectivity index (χ2n) is 3.86. The van der Waals surface area contributed by atoms with E-state index in [0.717, 1.165) is 17.7 Å². The van der Waals surface area contributed by atoms with Crippen molar-refractivity contribution in [3.8, 4) is 5.75 Å². The van der Waals surface area contributed by atoms with Gasteiger partial charge in [0.05, 0.1) is 19.8 Å². The molecule has 96 valence electrons. The van der Waals surface area contributed by atoms with Crippen molar-refractivity contribution in [2.75, 3.05) is 33.5 Å². The number of para-hydroxylation sites is 1. The smallest absolute Gasteiger partial charge is 0.122 e. The molecule has 0 aliphatic carbocycles. The molecular weight excluding hydrogens is 218 g/mol. The Balaban J connectivity index is 2.16. The summed E-state index contributed by atoms with van der Waals surface area (Å²) in [6.45, 7) is 5.20. The molecule has 0 fully saturated rings. The Morgan fingerprint density at radius 2 is 2.06 bits per heavy atom. The van der Waals surface area contributed by atoms with Crippen LogP contribution in [-0.2, 0) is 16.0 Å². The van der Waals surface area contributed by atoms with E-state index in [-0.39, 0.29) is 0 Å². The molecule has 4 heteroatoms. The van der Waals surface area contributed by atoms with Crippen LogP contribution in [0.1, 0.15) is 11.1 Å². The van der Waals surface area contributed by atoms with E-state index in [9.17, 15) is 5.11 Å². The highest BCUT2D eigenvalue weighted by Gasteiger charge is 2.02. The zero-order chi connectivity index (χ0) is 12.5. The van der Waals surface area contributed by atoms with Crippen molar-refractivity contribution in [3.05, 3.63) is 29.3 Å². The Morgan fingerprint density at radius 1 is 1.24 bits per heavy atom. The van der Waals surface area contributed by atoms with E-state index in [1.165, 1.54) is 0 Å². The first-order chi connectivity index (χ1) is 8.25. The number of rotatable bonds is 8. The van der Waals surface area contributed by atoms with Crippen molar-refractivity contribution < 1.29 is 14.6 Å². The van der Waals surface area contributed by atoms with E-state index >= 15 is 0 Å². The largest absolute Gasteiger partial charge is 0.507 e. The molecule has 1 aromatic rings. The molecule has 0 unspecified atom stereocenters. The van der Waals surface area contributed by atoms with Crippen molar-refractivity contribution in [3.63, 3.8) is 0 Å². The van der Waals surface area contributed by atoms with Crippen LogP contribution >= 0.6 is 0 Å². The van der Waals surface area contributed by atoms with Crippen LogP contribution in [0.2, 0.25) is 0 Å². The molecular formula is C13H21NO3. The van der Waals surface area contributed by atoms with Gasteiger partial charge in [-0.05, 0) is 12.5 Å². The molecule has 17 heavy (non-hydrogen) atoms. The topological polar surface area (TPSA) is 50.7 Å². The zero-order valence-electron chi connectivity index (χ0n) is 10.5. The molecule has 0 saturated carbocycles. The lowest BCUT2D eigenvalue weighted by atomic mass is 10.1. The second-order valence-corrected chi connectivity index (χ2v) is 3.86. The Hall–Kier alpha value is -1.10. The number of ether oxygens (including phenoxy) is 2. The van der Waals surface area contributed by atoms with Crippen LogP contribution in [0.15, 0.2) is 18.2 Å². The van der Waals surface area contributed by atoms with Crippen LogP contribution in [0.25, 0.3) is 0 Å². The monoisotopic (exact) mass is 239 g/mol. The third-order valence-electron chi connectivity index (χ3n) is 2.49. The SMILES string of the molecule is COCCOCCNCc1cccc(C)c1O. The standard InChI is InChI=1S/C13H21NO3/c1-11-4-3-5-12(13(11)15)10-14-6-7-17-9-8-16-2/h3-5,14-15H,6-10H2,1-2H3. The van der Waals surface area contributed by atoms with Crippen molar-refractivity contribution in [1.29, 1.82) is 0 Å². The summed E-state index contributed by atoms with van der Waals surface area (Å²) >= 11 is 0. The first kappa shape index (κ1) is 14.0. The van der Waals surface area contributed by atoms with Gasteiger partial charge in [-0.1, -0.05) is 18.2 Å². The van der Waals surface area contributed by atoms with Gasteiger partial charge in [-0.15, -0.1) is 0 Å². The Labute approximate surface area is 103 Å². The third kappa shape index (κ3) is 5.17. The van der Waals surface area contributed by atoms with Crippen molar-refractivity contribution in [1.82, 2.24) is 5.32 Å². The van der Waals surface area contributed by atoms with Gasteiger partial charge in [-0.2, -0.15) is 0 Å². The summed E-state index contributed by atoms with van der Waals surface area (Å²) in [7, 11) is 1.65. The van der Waals surface area contributed by atoms with Crippen LogP contribution in [-0.4, -0.2) is 38.6 Å². The first-order valence-electron chi connectivity index (χ1n) is 5.80. The molecule has 0 amide bonds. The predicted octanol–water partition coefficient (Wildman–Crippen LogP) is 1.45. The Kier molecular flexibility index (Phi) is 6.62. The summed E-state index contributed by atoms with van der Waals surface area (Å²) in [5, 5.41) is 13.0. The number of hydrogen-bond acceptors (Lipinski definition) is 4. The summed E-state index contributed by atoms with van der Waals surface area (Å²) < 4.78 is 10.2. The minimum absolute atomic E-state index is 0.375. The summed E-state index contributed by atoms with van der Waals surface area (Å²) in [6.07, 6.45) is 0. The minimum Gasteiger partial charge on any atom is -0.507 e. The highest BCUT2D eigenvalue weighted by atomic mass is 16.5. The molecule has 0 bridgehead atoms. The lowest BCUT2D eigenvalue weighted by Crippen LogP contribution is -2.20. The molecule has 2 N–H and O–H groups in total. The number of aromatic hydroxyl groups is 1. The van der Waals surface area contributed by atoms with Gasteiger partial charge in [0, 0.05) is 25.8 Å². The quantitative estimate of drug-likeness (QED) is 0.674. The fourth-order valence-corrected chi connectivity index (χ4v) is 1.47. The van der Waals surface area contributed by atoms with Gasteiger partial charge in [-0.3, -0.25) is 0 Å². The van der Waals surface area contributed by atoms with Gasteiger partial charge in [0.25, 0.3) is 0 Å². The second kappa shape index (κ2) is 8.06. The molecule has 0 aliphatic heterocycles. The molecule has 0 aromatic heterocycles. The molecule has 0 spiro atoms. The van der Waals surface area contributed by atoms with Crippen molar-refractivity contribution in [2.24, 2.45) is 0 Å². The molecule has 1 rings (SSSR count). The maximum absolute atomic E-state index is 9.78. The zero-order valence-corrected chi connectivity index (χ0v) is 10.5.